The number of ether oxygens (including phenoxy) is 2. The lowest BCUT2D eigenvalue weighted by atomic mass is 10.3. The third kappa shape index (κ3) is 2.02. The average molecular weight is 298 g/mol. The summed E-state index contributed by atoms with van der Waals surface area (Å²) >= 11 is 6.19. The molecule has 1 aliphatic heterocycles. The Kier molecular flexibility index (Phi) is 3.49. The van der Waals surface area contributed by atoms with Gasteiger partial charge in [0.1, 0.15) is 29.5 Å². The molecule has 2 aromatic rings. The van der Waals surface area contributed by atoms with E-state index in [0.29, 0.717) is 24.0 Å². The Bertz CT molecular complexity index is 620. The Labute approximate surface area is 121 Å². The molecule has 108 valence electrons. The Balaban J connectivity index is 2.06. The largest absolute Gasteiger partial charge is 0.377 e. The summed E-state index contributed by atoms with van der Waals surface area (Å²) in [5.41, 5.74) is 0.872. The van der Waals surface area contributed by atoms with E-state index in [2.05, 4.69) is 20.0 Å². The maximum Gasteiger partial charge on any atom is 0.255 e. The van der Waals surface area contributed by atoms with E-state index >= 15 is 0 Å². The minimum absolute atomic E-state index is 0.0184. The number of methoxy groups -OCH3 is 2. The molecule has 2 atom stereocenters. The molecule has 2 unspecified atom stereocenters. The number of hydrogen-bond acceptors (Lipinski definition) is 6. The molecule has 1 saturated heterocycles. The third-order valence-corrected chi connectivity index (χ3v) is 4.06. The van der Waals surface area contributed by atoms with Crippen molar-refractivity contribution < 1.29 is 9.47 Å². The van der Waals surface area contributed by atoms with Crippen LogP contribution in [0.1, 0.15) is 5.56 Å². The van der Waals surface area contributed by atoms with Crippen molar-refractivity contribution in [2.45, 2.75) is 19.1 Å². The van der Waals surface area contributed by atoms with Gasteiger partial charge in [-0.2, -0.15) is 19.6 Å². The van der Waals surface area contributed by atoms with E-state index in [9.17, 15) is 0 Å². The number of halogens is 1. The van der Waals surface area contributed by atoms with E-state index in [1.54, 1.807) is 18.7 Å². The molecule has 7 nitrogen and oxygen atoms in total. The number of anilines is 1. The van der Waals surface area contributed by atoms with Gasteiger partial charge in [0.2, 0.25) is 0 Å². The number of nitrogens with zero attached hydrogens (tertiary/aromatic N) is 5. The summed E-state index contributed by atoms with van der Waals surface area (Å²) in [5, 5.41) is 4.67. The van der Waals surface area contributed by atoms with Crippen molar-refractivity contribution >= 4 is 23.2 Å². The molecular weight excluding hydrogens is 282 g/mol. The molecule has 8 heteroatoms. The normalized spacial score (nSPS) is 22.9. The summed E-state index contributed by atoms with van der Waals surface area (Å²) < 4.78 is 12.6. The minimum Gasteiger partial charge on any atom is -0.377 e. The number of hydrogen-bond donors (Lipinski definition) is 0. The van der Waals surface area contributed by atoms with Crippen LogP contribution in [0, 0.1) is 6.92 Å². The molecule has 3 rings (SSSR count). The van der Waals surface area contributed by atoms with Crippen molar-refractivity contribution in [3.8, 4) is 0 Å². The molecule has 0 radical (unpaired) electrons. The van der Waals surface area contributed by atoms with Gasteiger partial charge in [0.05, 0.1) is 0 Å². The third-order valence-electron chi connectivity index (χ3n) is 3.69. The van der Waals surface area contributed by atoms with E-state index < -0.39 is 0 Å². The Morgan fingerprint density at radius 3 is 2.50 bits per heavy atom. The Hall–Kier alpha value is -1.44. The molecule has 0 amide bonds. The van der Waals surface area contributed by atoms with Crippen molar-refractivity contribution in [3.63, 3.8) is 0 Å². The molecule has 0 bridgehead atoms. The van der Waals surface area contributed by atoms with E-state index in [4.69, 9.17) is 21.1 Å². The number of aromatic nitrogens is 4. The predicted octanol–water partition coefficient (Wildman–Crippen LogP) is 0.936. The van der Waals surface area contributed by atoms with Crippen LogP contribution in [0.5, 0.6) is 0 Å². The highest BCUT2D eigenvalue weighted by Gasteiger charge is 2.35. The van der Waals surface area contributed by atoms with Crippen molar-refractivity contribution in [3.05, 3.63) is 17.0 Å². The average Bonchev–Trinajstić information content (AvgIpc) is 3.05. The molecule has 0 spiro atoms. The molecule has 2 aromatic heterocycles. The van der Waals surface area contributed by atoms with Gasteiger partial charge >= 0.3 is 0 Å². The first kappa shape index (κ1) is 13.5. The lowest BCUT2D eigenvalue weighted by molar-refractivity contribution is -0.00461. The van der Waals surface area contributed by atoms with Crippen LogP contribution in [-0.4, -0.2) is 59.1 Å². The molecule has 0 saturated carbocycles. The summed E-state index contributed by atoms with van der Waals surface area (Å²) in [6.07, 6.45) is 1.51. The highest BCUT2D eigenvalue weighted by molar-refractivity contribution is 6.30. The molecule has 3 heterocycles. The molecule has 20 heavy (non-hydrogen) atoms. The zero-order valence-electron chi connectivity index (χ0n) is 11.6. The summed E-state index contributed by atoms with van der Waals surface area (Å²) in [6.45, 7) is 3.35. The van der Waals surface area contributed by atoms with Crippen LogP contribution in [-0.2, 0) is 9.47 Å². The molecule has 1 aliphatic rings. The number of rotatable bonds is 3. The molecule has 1 fully saturated rings. The molecule has 0 aromatic carbocycles. The van der Waals surface area contributed by atoms with Crippen LogP contribution in [0.2, 0.25) is 5.15 Å². The molecule has 0 aliphatic carbocycles. The second-order valence-corrected chi connectivity index (χ2v) is 5.13. The Morgan fingerprint density at radius 1 is 1.25 bits per heavy atom. The predicted molar refractivity (Wildman–Crippen MR) is 74.3 cm³/mol. The van der Waals surface area contributed by atoms with E-state index in [1.807, 2.05) is 6.92 Å². The lowest BCUT2D eigenvalue weighted by Crippen LogP contribution is -2.27. The minimum atomic E-state index is 0.0184. The van der Waals surface area contributed by atoms with Gasteiger partial charge in [-0.15, -0.1) is 0 Å². The van der Waals surface area contributed by atoms with Gasteiger partial charge in [-0.05, 0) is 6.92 Å². The quantitative estimate of drug-likeness (QED) is 0.786. The second kappa shape index (κ2) is 5.16. The fourth-order valence-electron chi connectivity index (χ4n) is 2.62. The van der Waals surface area contributed by atoms with Crippen LogP contribution in [0.4, 0.5) is 5.82 Å². The zero-order valence-corrected chi connectivity index (χ0v) is 12.3. The van der Waals surface area contributed by atoms with Gasteiger partial charge < -0.3 is 14.4 Å². The highest BCUT2D eigenvalue weighted by Crippen LogP contribution is 2.29. The number of fused-ring (bicyclic) bond motifs is 1. The SMILES string of the molecule is COC1CN(c2c(C)c(Cl)nc3ncnn23)CC1OC. The van der Waals surface area contributed by atoms with E-state index in [-0.39, 0.29) is 12.2 Å². The van der Waals surface area contributed by atoms with Gasteiger partial charge in [0, 0.05) is 32.9 Å². The fraction of sp³-hybridized carbons (Fsp3) is 0.583. The van der Waals surface area contributed by atoms with Crippen LogP contribution in [0.15, 0.2) is 6.33 Å². The monoisotopic (exact) mass is 297 g/mol. The molecule has 0 N–H and O–H groups in total. The van der Waals surface area contributed by atoms with E-state index in [1.165, 1.54) is 6.33 Å². The topological polar surface area (TPSA) is 64.8 Å². The van der Waals surface area contributed by atoms with Gasteiger partial charge in [-0.1, -0.05) is 11.6 Å². The van der Waals surface area contributed by atoms with E-state index in [0.717, 1.165) is 11.4 Å². The first-order valence-electron chi connectivity index (χ1n) is 6.32. The lowest BCUT2D eigenvalue weighted by Gasteiger charge is -2.21. The Morgan fingerprint density at radius 2 is 1.90 bits per heavy atom. The van der Waals surface area contributed by atoms with Crippen LogP contribution in [0.25, 0.3) is 5.78 Å². The maximum absolute atomic E-state index is 6.19. The van der Waals surface area contributed by atoms with Crippen LogP contribution < -0.4 is 4.90 Å². The smallest absolute Gasteiger partial charge is 0.255 e. The van der Waals surface area contributed by atoms with Crippen LogP contribution in [0.3, 0.4) is 0 Å². The maximum atomic E-state index is 6.19. The summed E-state index contributed by atoms with van der Waals surface area (Å²) in [7, 11) is 3.38. The summed E-state index contributed by atoms with van der Waals surface area (Å²) in [4.78, 5) is 10.5. The van der Waals surface area contributed by atoms with Gasteiger partial charge in [-0.25, -0.2) is 0 Å². The first-order valence-corrected chi connectivity index (χ1v) is 6.70. The standard InChI is InChI=1S/C12H16ClN5O2/c1-7-10(13)16-12-14-6-15-18(12)11(7)17-4-8(19-2)9(5-17)20-3/h6,8-9H,4-5H2,1-3H3. The molecular formula is C12H16ClN5O2. The second-order valence-electron chi connectivity index (χ2n) is 4.78. The van der Waals surface area contributed by atoms with Gasteiger partial charge in [0.15, 0.2) is 0 Å². The van der Waals surface area contributed by atoms with Crippen LogP contribution >= 0.6 is 11.6 Å². The zero-order chi connectivity index (χ0) is 14.3. The van der Waals surface area contributed by atoms with Crippen molar-refractivity contribution in [1.82, 2.24) is 19.6 Å². The highest BCUT2D eigenvalue weighted by atomic mass is 35.5. The summed E-state index contributed by atoms with van der Waals surface area (Å²) in [5.74, 6) is 1.38. The van der Waals surface area contributed by atoms with Crippen molar-refractivity contribution in [2.24, 2.45) is 0 Å². The summed E-state index contributed by atoms with van der Waals surface area (Å²) in [6, 6.07) is 0. The van der Waals surface area contributed by atoms with Gasteiger partial charge in [0.25, 0.3) is 5.78 Å². The first-order chi connectivity index (χ1) is 9.65. The van der Waals surface area contributed by atoms with Gasteiger partial charge in [-0.3, -0.25) is 0 Å². The fourth-order valence-corrected chi connectivity index (χ4v) is 2.78. The van der Waals surface area contributed by atoms with Crippen molar-refractivity contribution in [1.29, 1.82) is 0 Å². The van der Waals surface area contributed by atoms with Crippen molar-refractivity contribution in [2.75, 3.05) is 32.2 Å².